The number of ether oxygens (including phenoxy) is 3. The van der Waals surface area contributed by atoms with E-state index < -0.39 is 23.1 Å². The maximum atomic E-state index is 16.0. The minimum atomic E-state index is -0.978. The molecule has 0 unspecified atom stereocenters. The van der Waals surface area contributed by atoms with Crippen LogP contribution in [0.4, 0.5) is 8.78 Å². The number of fused-ring (bicyclic) bond motifs is 1. The van der Waals surface area contributed by atoms with Crippen LogP contribution >= 0.6 is 11.6 Å². The second-order valence-electron chi connectivity index (χ2n) is 10.7. The third kappa shape index (κ3) is 5.77. The largest absolute Gasteiger partial charge is 0.488 e. The van der Waals surface area contributed by atoms with Gasteiger partial charge in [0.2, 0.25) is 5.91 Å². The van der Waals surface area contributed by atoms with Gasteiger partial charge in [0, 0.05) is 41.8 Å². The highest BCUT2D eigenvalue weighted by Gasteiger charge is 2.44. The minimum Gasteiger partial charge on any atom is -0.488 e. The first kappa shape index (κ1) is 29.3. The molecule has 4 N–H and O–H groups in total. The lowest BCUT2D eigenvalue weighted by Crippen LogP contribution is -2.49. The molecule has 3 aromatic carbocycles. The Bertz CT molecular complexity index is 1430. The number of carbonyl (C=O) groups is 1. The summed E-state index contributed by atoms with van der Waals surface area (Å²) in [7, 11) is 0. The van der Waals surface area contributed by atoms with Gasteiger partial charge in [-0.15, -0.1) is 0 Å². The molecule has 0 aliphatic carbocycles. The van der Waals surface area contributed by atoms with Gasteiger partial charge in [-0.1, -0.05) is 41.9 Å². The Morgan fingerprint density at radius 2 is 1.85 bits per heavy atom. The summed E-state index contributed by atoms with van der Waals surface area (Å²) in [5.41, 5.74) is 5.45. The lowest BCUT2D eigenvalue weighted by atomic mass is 9.84. The van der Waals surface area contributed by atoms with Crippen molar-refractivity contribution in [3.8, 4) is 22.6 Å². The summed E-state index contributed by atoms with van der Waals surface area (Å²) in [5.74, 6) is -2.73. The van der Waals surface area contributed by atoms with Crippen LogP contribution in [-0.2, 0) is 16.8 Å². The van der Waals surface area contributed by atoms with Crippen LogP contribution in [0.25, 0.3) is 11.1 Å². The third-order valence-electron chi connectivity index (χ3n) is 7.70. The molecule has 2 heterocycles. The first-order chi connectivity index (χ1) is 19.6. The van der Waals surface area contributed by atoms with Gasteiger partial charge in [-0.2, -0.15) is 0 Å². The molecule has 0 saturated carbocycles. The fourth-order valence-corrected chi connectivity index (χ4v) is 6.22. The Morgan fingerprint density at radius 3 is 2.51 bits per heavy atom. The number of nitrogens with two attached hydrogens (primary N) is 1. The van der Waals surface area contributed by atoms with Crippen LogP contribution in [0.5, 0.6) is 11.5 Å². The molecule has 10 heteroatoms. The van der Waals surface area contributed by atoms with E-state index in [9.17, 15) is 9.90 Å². The van der Waals surface area contributed by atoms with Crippen molar-refractivity contribution in [2.45, 2.75) is 57.0 Å². The average molecular weight is 587 g/mol. The average Bonchev–Trinajstić information content (AvgIpc) is 3.31. The van der Waals surface area contributed by atoms with Crippen molar-refractivity contribution < 1.29 is 32.9 Å². The van der Waals surface area contributed by atoms with E-state index >= 15 is 8.78 Å². The van der Waals surface area contributed by atoms with Crippen molar-refractivity contribution in [1.82, 2.24) is 5.32 Å². The number of rotatable bonds is 9. The van der Waals surface area contributed by atoms with E-state index in [1.807, 2.05) is 44.2 Å². The third-order valence-corrected chi connectivity index (χ3v) is 8.07. The SMILES string of the molecule is C[C@@H]1C[C@H](NC[C@@]2(c3ccccc3)Cc3c(cc(F)c(Cl)c3-c3c(C(N)=O)ccc(OCCO)c3F)O2)C[C@H](C)O1. The molecule has 1 fully saturated rings. The van der Waals surface area contributed by atoms with E-state index in [4.69, 9.17) is 31.5 Å². The molecule has 218 valence electrons. The normalized spacial score (nSPS) is 23.6. The van der Waals surface area contributed by atoms with Crippen LogP contribution in [0, 0.1) is 11.6 Å². The first-order valence-electron chi connectivity index (χ1n) is 13.6. The Morgan fingerprint density at radius 1 is 1.15 bits per heavy atom. The first-order valence-corrected chi connectivity index (χ1v) is 14.0. The second-order valence-corrected chi connectivity index (χ2v) is 11.1. The number of aliphatic hydroxyl groups is 1. The van der Waals surface area contributed by atoms with E-state index in [1.54, 1.807) is 0 Å². The summed E-state index contributed by atoms with van der Waals surface area (Å²) in [6, 6.07) is 13.4. The molecule has 0 spiro atoms. The number of primary amides is 1. The Hall–Kier alpha value is -3.24. The molecule has 0 bridgehead atoms. The van der Waals surface area contributed by atoms with Gasteiger partial charge in [0.15, 0.2) is 17.2 Å². The standard InChI is InChI=1S/C31H33ClF2N2O5/c1-17-12-20(13-18(2)40-17)36-16-31(19-6-4-3-5-7-19)15-22-25(41-31)14-23(33)28(32)26(22)27-21(30(35)38)8-9-24(29(27)34)39-11-10-37/h3-9,14,17-18,20,36-37H,10-13,15-16H2,1-2H3,(H2,35,38)/t17-,18+,20+,31-/m1/s1. The van der Waals surface area contributed by atoms with Gasteiger partial charge in [0.25, 0.3) is 0 Å². The zero-order valence-electron chi connectivity index (χ0n) is 22.9. The Kier molecular flexibility index (Phi) is 8.52. The summed E-state index contributed by atoms with van der Waals surface area (Å²) in [5, 5.41) is 12.4. The van der Waals surface area contributed by atoms with Crippen LogP contribution in [-0.4, -0.2) is 49.0 Å². The summed E-state index contributed by atoms with van der Waals surface area (Å²) in [4.78, 5) is 12.4. The maximum Gasteiger partial charge on any atom is 0.249 e. The van der Waals surface area contributed by atoms with Crippen molar-refractivity contribution in [2.24, 2.45) is 5.73 Å². The molecule has 41 heavy (non-hydrogen) atoms. The number of hydrogen-bond donors (Lipinski definition) is 3. The number of hydrogen-bond acceptors (Lipinski definition) is 6. The van der Waals surface area contributed by atoms with Gasteiger partial charge in [0.05, 0.1) is 29.4 Å². The highest BCUT2D eigenvalue weighted by Crippen LogP contribution is 2.50. The maximum absolute atomic E-state index is 16.0. The smallest absolute Gasteiger partial charge is 0.249 e. The quantitative estimate of drug-likeness (QED) is 0.321. The highest BCUT2D eigenvalue weighted by atomic mass is 35.5. The summed E-state index contributed by atoms with van der Waals surface area (Å²) < 4.78 is 49.2. The molecule has 0 aromatic heterocycles. The Balaban J connectivity index is 1.62. The molecule has 1 saturated heterocycles. The number of nitrogens with one attached hydrogen (secondary N) is 1. The van der Waals surface area contributed by atoms with E-state index in [-0.39, 0.29) is 71.1 Å². The van der Waals surface area contributed by atoms with E-state index in [1.165, 1.54) is 18.2 Å². The zero-order valence-corrected chi connectivity index (χ0v) is 23.6. The zero-order chi connectivity index (χ0) is 29.3. The highest BCUT2D eigenvalue weighted by molar-refractivity contribution is 6.34. The van der Waals surface area contributed by atoms with Gasteiger partial charge in [-0.3, -0.25) is 4.79 Å². The second kappa shape index (κ2) is 11.9. The van der Waals surface area contributed by atoms with E-state index in [0.29, 0.717) is 12.1 Å². The molecule has 2 aliphatic rings. The lowest BCUT2D eigenvalue weighted by Gasteiger charge is -2.36. The molecule has 7 nitrogen and oxygen atoms in total. The molecular formula is C31H33ClF2N2O5. The van der Waals surface area contributed by atoms with E-state index in [2.05, 4.69) is 5.32 Å². The molecule has 1 amide bonds. The molecule has 2 aliphatic heterocycles. The topological polar surface area (TPSA) is 103 Å². The van der Waals surface area contributed by atoms with Gasteiger partial charge < -0.3 is 30.4 Å². The van der Waals surface area contributed by atoms with Crippen LogP contribution in [0.1, 0.15) is 48.2 Å². The number of aliphatic hydroxyl groups excluding tert-OH is 1. The summed E-state index contributed by atoms with van der Waals surface area (Å²) >= 11 is 6.53. The predicted molar refractivity (Wildman–Crippen MR) is 151 cm³/mol. The van der Waals surface area contributed by atoms with Crippen molar-refractivity contribution in [3.63, 3.8) is 0 Å². The molecule has 3 aromatic rings. The van der Waals surface area contributed by atoms with Crippen molar-refractivity contribution in [3.05, 3.63) is 81.9 Å². The van der Waals surface area contributed by atoms with Gasteiger partial charge in [-0.05, 0) is 44.4 Å². The van der Waals surface area contributed by atoms with Crippen LogP contribution in [0.15, 0.2) is 48.5 Å². The van der Waals surface area contributed by atoms with Gasteiger partial charge in [-0.25, -0.2) is 8.78 Å². The van der Waals surface area contributed by atoms with Crippen LogP contribution in [0.3, 0.4) is 0 Å². The predicted octanol–water partition coefficient (Wildman–Crippen LogP) is 5.13. The van der Waals surface area contributed by atoms with Gasteiger partial charge >= 0.3 is 0 Å². The summed E-state index contributed by atoms with van der Waals surface area (Å²) in [6.07, 6.45) is 2.05. The van der Waals surface area contributed by atoms with Crippen LogP contribution < -0.4 is 20.5 Å². The molecule has 5 rings (SSSR count). The molecular weight excluding hydrogens is 554 g/mol. The molecule has 0 radical (unpaired) electrons. The minimum absolute atomic E-state index is 0.0199. The number of halogens is 3. The van der Waals surface area contributed by atoms with Crippen LogP contribution in [0.2, 0.25) is 5.02 Å². The number of benzene rings is 3. The van der Waals surface area contributed by atoms with Gasteiger partial charge in [0.1, 0.15) is 18.2 Å². The molecule has 4 atom stereocenters. The number of carbonyl (C=O) groups excluding carboxylic acids is 1. The fraction of sp³-hybridized carbons (Fsp3) is 0.387. The van der Waals surface area contributed by atoms with E-state index in [0.717, 1.165) is 18.4 Å². The van der Waals surface area contributed by atoms with Crippen molar-refractivity contribution >= 4 is 17.5 Å². The number of amides is 1. The van der Waals surface area contributed by atoms with Crippen molar-refractivity contribution in [1.29, 1.82) is 0 Å². The Labute approximate surface area is 242 Å². The monoisotopic (exact) mass is 586 g/mol. The van der Waals surface area contributed by atoms with Crippen molar-refractivity contribution in [2.75, 3.05) is 19.8 Å². The fourth-order valence-electron chi connectivity index (χ4n) is 5.96. The summed E-state index contributed by atoms with van der Waals surface area (Å²) in [6.45, 7) is 3.92. The lowest BCUT2D eigenvalue weighted by molar-refractivity contribution is -0.0450.